The summed E-state index contributed by atoms with van der Waals surface area (Å²) in [6, 6.07) is 15.3. The molecule has 0 atom stereocenters. The van der Waals surface area contributed by atoms with E-state index in [9.17, 15) is 22.4 Å². The first kappa shape index (κ1) is 22.0. The van der Waals surface area contributed by atoms with Crippen molar-refractivity contribution in [3.8, 4) is 0 Å². The number of carbonyl (C=O) groups excluding carboxylic acids is 2. The Hall–Kier alpha value is -3.72. The maximum atomic E-state index is 13.0. The molecule has 3 N–H and O–H groups in total. The van der Waals surface area contributed by atoms with Gasteiger partial charge in [0.15, 0.2) is 0 Å². The fourth-order valence-corrected chi connectivity index (χ4v) is 3.92. The summed E-state index contributed by atoms with van der Waals surface area (Å²) in [5.74, 6) is -1.20. The third kappa shape index (κ3) is 5.07. The maximum absolute atomic E-state index is 13.0. The van der Waals surface area contributed by atoms with Crippen LogP contribution in [0.5, 0.6) is 0 Å². The van der Waals surface area contributed by atoms with Gasteiger partial charge in [0.1, 0.15) is 5.82 Å². The lowest BCUT2D eigenvalue weighted by molar-refractivity contribution is 0.0960. The van der Waals surface area contributed by atoms with Gasteiger partial charge < -0.3 is 10.6 Å². The summed E-state index contributed by atoms with van der Waals surface area (Å²) >= 11 is 0. The van der Waals surface area contributed by atoms with Crippen molar-refractivity contribution in [3.05, 3.63) is 89.2 Å². The lowest BCUT2D eigenvalue weighted by Gasteiger charge is -2.12. The summed E-state index contributed by atoms with van der Waals surface area (Å²) in [6.07, 6.45) is 0. The molecule has 160 valence electrons. The van der Waals surface area contributed by atoms with Crippen LogP contribution in [0, 0.1) is 12.7 Å². The number of sulfonamides is 1. The van der Waals surface area contributed by atoms with E-state index in [4.69, 9.17) is 0 Å². The van der Waals surface area contributed by atoms with E-state index >= 15 is 0 Å². The number of benzene rings is 3. The molecule has 0 saturated heterocycles. The smallest absolute Gasteiger partial charge is 0.261 e. The molecule has 0 heterocycles. The number of hydrogen-bond donors (Lipinski definition) is 3. The van der Waals surface area contributed by atoms with Crippen LogP contribution in [0.15, 0.2) is 71.6 Å². The Labute approximate surface area is 179 Å². The van der Waals surface area contributed by atoms with Gasteiger partial charge in [0.25, 0.3) is 21.8 Å². The first-order valence-corrected chi connectivity index (χ1v) is 10.7. The summed E-state index contributed by atoms with van der Waals surface area (Å²) in [5.41, 5.74) is 1.98. The molecule has 0 spiro atoms. The minimum absolute atomic E-state index is 0.0498. The second kappa shape index (κ2) is 8.97. The Morgan fingerprint density at radius 3 is 2.13 bits per heavy atom. The molecule has 0 aliphatic carbocycles. The van der Waals surface area contributed by atoms with Gasteiger partial charge in [-0.05, 0) is 73.2 Å². The van der Waals surface area contributed by atoms with E-state index in [1.165, 1.54) is 43.4 Å². The van der Waals surface area contributed by atoms with Crippen LogP contribution in [0.3, 0.4) is 0 Å². The highest BCUT2D eigenvalue weighted by atomic mass is 32.2. The Bertz CT molecular complexity index is 1220. The van der Waals surface area contributed by atoms with Crippen LogP contribution in [0.4, 0.5) is 15.8 Å². The molecule has 3 aromatic rings. The first-order chi connectivity index (χ1) is 14.7. The number of rotatable bonds is 6. The topological polar surface area (TPSA) is 104 Å². The monoisotopic (exact) mass is 441 g/mol. The average Bonchev–Trinajstić information content (AvgIpc) is 2.76. The quantitative estimate of drug-likeness (QED) is 0.544. The highest BCUT2D eigenvalue weighted by Crippen LogP contribution is 2.21. The van der Waals surface area contributed by atoms with Crippen LogP contribution in [-0.2, 0) is 10.0 Å². The lowest BCUT2D eigenvalue weighted by atomic mass is 10.1. The first-order valence-electron chi connectivity index (χ1n) is 9.23. The second-order valence-corrected chi connectivity index (χ2v) is 8.33. The van der Waals surface area contributed by atoms with Crippen LogP contribution in [0.25, 0.3) is 0 Å². The van der Waals surface area contributed by atoms with Crippen LogP contribution in [0.2, 0.25) is 0 Å². The standard InChI is InChI=1S/C22H20FN3O4S/c1-14-19(22(28)24-2)4-3-5-20(14)25-21(27)15-6-12-18(13-7-15)31(29,30)26-17-10-8-16(23)9-11-17/h3-13,26H,1-2H3,(H,24,28)(H,25,27). The van der Waals surface area contributed by atoms with Gasteiger partial charge in [0, 0.05) is 29.5 Å². The van der Waals surface area contributed by atoms with E-state index in [1.54, 1.807) is 25.1 Å². The van der Waals surface area contributed by atoms with Gasteiger partial charge in [-0.1, -0.05) is 6.07 Å². The second-order valence-electron chi connectivity index (χ2n) is 6.65. The van der Waals surface area contributed by atoms with Crippen molar-refractivity contribution in [2.45, 2.75) is 11.8 Å². The van der Waals surface area contributed by atoms with Crippen molar-refractivity contribution < 1.29 is 22.4 Å². The number of halogens is 1. The Kier molecular flexibility index (Phi) is 6.36. The van der Waals surface area contributed by atoms with Crippen molar-refractivity contribution in [2.24, 2.45) is 0 Å². The molecule has 7 nitrogen and oxygen atoms in total. The van der Waals surface area contributed by atoms with E-state index in [0.717, 1.165) is 12.1 Å². The molecule has 0 aromatic heterocycles. The molecule has 2 amide bonds. The van der Waals surface area contributed by atoms with Gasteiger partial charge in [-0.25, -0.2) is 12.8 Å². The molecule has 0 fully saturated rings. The lowest BCUT2D eigenvalue weighted by Crippen LogP contribution is -2.20. The van der Waals surface area contributed by atoms with Gasteiger partial charge in [0.2, 0.25) is 0 Å². The average molecular weight is 441 g/mol. The third-order valence-corrected chi connectivity index (χ3v) is 5.97. The minimum Gasteiger partial charge on any atom is -0.355 e. The molecule has 0 radical (unpaired) electrons. The fourth-order valence-electron chi connectivity index (χ4n) is 2.86. The van der Waals surface area contributed by atoms with Crippen molar-refractivity contribution in [1.82, 2.24) is 5.32 Å². The van der Waals surface area contributed by atoms with E-state index < -0.39 is 21.7 Å². The molecule has 0 unspecified atom stereocenters. The van der Waals surface area contributed by atoms with Crippen molar-refractivity contribution in [3.63, 3.8) is 0 Å². The van der Waals surface area contributed by atoms with Crippen LogP contribution in [0.1, 0.15) is 26.3 Å². The van der Waals surface area contributed by atoms with Gasteiger partial charge in [0.05, 0.1) is 4.90 Å². The summed E-state index contributed by atoms with van der Waals surface area (Å²) in [4.78, 5) is 24.5. The van der Waals surface area contributed by atoms with E-state index in [2.05, 4.69) is 15.4 Å². The Morgan fingerprint density at radius 2 is 1.52 bits per heavy atom. The molecule has 3 rings (SSSR count). The molecular formula is C22H20FN3O4S. The van der Waals surface area contributed by atoms with Crippen LogP contribution < -0.4 is 15.4 Å². The molecule has 0 aliphatic rings. The van der Waals surface area contributed by atoms with Crippen LogP contribution in [-0.4, -0.2) is 27.3 Å². The summed E-state index contributed by atoms with van der Waals surface area (Å²) in [6.45, 7) is 1.72. The van der Waals surface area contributed by atoms with Gasteiger partial charge >= 0.3 is 0 Å². The zero-order chi connectivity index (χ0) is 22.6. The largest absolute Gasteiger partial charge is 0.355 e. The van der Waals surface area contributed by atoms with E-state index in [1.807, 2.05) is 0 Å². The van der Waals surface area contributed by atoms with Crippen LogP contribution >= 0.6 is 0 Å². The highest BCUT2D eigenvalue weighted by molar-refractivity contribution is 7.92. The molecule has 3 aromatic carbocycles. The highest BCUT2D eigenvalue weighted by Gasteiger charge is 2.17. The van der Waals surface area contributed by atoms with Gasteiger partial charge in [-0.15, -0.1) is 0 Å². The van der Waals surface area contributed by atoms with Crippen molar-refractivity contribution in [2.75, 3.05) is 17.1 Å². The van der Waals surface area contributed by atoms with Gasteiger partial charge in [-0.3, -0.25) is 14.3 Å². The molecule has 0 bridgehead atoms. The normalized spacial score (nSPS) is 10.9. The zero-order valence-corrected chi connectivity index (χ0v) is 17.6. The van der Waals surface area contributed by atoms with Crippen molar-refractivity contribution in [1.29, 1.82) is 0 Å². The Morgan fingerprint density at radius 1 is 0.871 bits per heavy atom. The molecular weight excluding hydrogens is 421 g/mol. The third-order valence-electron chi connectivity index (χ3n) is 4.58. The maximum Gasteiger partial charge on any atom is 0.261 e. The number of amides is 2. The minimum atomic E-state index is -3.90. The number of nitrogens with one attached hydrogen (secondary N) is 3. The number of anilines is 2. The molecule has 9 heteroatoms. The zero-order valence-electron chi connectivity index (χ0n) is 16.8. The molecule has 31 heavy (non-hydrogen) atoms. The fraction of sp³-hybridized carbons (Fsp3) is 0.0909. The van der Waals surface area contributed by atoms with E-state index in [0.29, 0.717) is 16.8 Å². The predicted octanol–water partition coefficient (Wildman–Crippen LogP) is 3.55. The van der Waals surface area contributed by atoms with Gasteiger partial charge in [-0.2, -0.15) is 0 Å². The molecule has 0 aliphatic heterocycles. The molecule has 0 saturated carbocycles. The predicted molar refractivity (Wildman–Crippen MR) is 116 cm³/mol. The Balaban J connectivity index is 1.76. The summed E-state index contributed by atoms with van der Waals surface area (Å²) < 4.78 is 40.3. The summed E-state index contributed by atoms with van der Waals surface area (Å²) in [5, 5.41) is 5.27. The van der Waals surface area contributed by atoms with E-state index in [-0.39, 0.29) is 22.1 Å². The number of carbonyl (C=O) groups is 2. The SMILES string of the molecule is CNC(=O)c1cccc(NC(=O)c2ccc(S(=O)(=O)Nc3ccc(F)cc3)cc2)c1C. The number of hydrogen-bond acceptors (Lipinski definition) is 4. The van der Waals surface area contributed by atoms with Crippen molar-refractivity contribution >= 4 is 33.2 Å². The summed E-state index contributed by atoms with van der Waals surface area (Å²) in [7, 11) is -2.38.